The molecule has 1 aliphatic carbocycles. The Morgan fingerprint density at radius 3 is 2.68 bits per heavy atom. The van der Waals surface area contributed by atoms with Gasteiger partial charge < -0.3 is 10.2 Å². The van der Waals surface area contributed by atoms with Crippen LogP contribution in [0.1, 0.15) is 69.2 Å². The molecule has 2 heterocycles. The van der Waals surface area contributed by atoms with E-state index in [0.29, 0.717) is 17.5 Å². The van der Waals surface area contributed by atoms with Crippen molar-refractivity contribution in [3.05, 3.63) is 18.0 Å². The van der Waals surface area contributed by atoms with Crippen molar-refractivity contribution in [3.63, 3.8) is 0 Å². The Hall–Kier alpha value is -1.85. The second-order valence-corrected chi connectivity index (χ2v) is 7.81. The van der Waals surface area contributed by atoms with Crippen molar-refractivity contribution in [2.75, 3.05) is 6.54 Å². The first-order valence-electron chi connectivity index (χ1n) is 9.65. The predicted molar refractivity (Wildman–Crippen MR) is 96.1 cm³/mol. The molecular formula is C19H30N4O2. The molecule has 6 nitrogen and oxygen atoms in total. The Morgan fingerprint density at radius 1 is 1.20 bits per heavy atom. The first kappa shape index (κ1) is 18.0. The average molecular weight is 346 g/mol. The maximum Gasteiger partial charge on any atom is 0.257 e. The van der Waals surface area contributed by atoms with Gasteiger partial charge in [0.2, 0.25) is 5.91 Å². The van der Waals surface area contributed by atoms with Crippen LogP contribution in [0.3, 0.4) is 0 Å². The molecule has 1 N–H and O–H groups in total. The van der Waals surface area contributed by atoms with Gasteiger partial charge in [-0.3, -0.25) is 14.3 Å². The summed E-state index contributed by atoms with van der Waals surface area (Å²) in [7, 11) is 0. The van der Waals surface area contributed by atoms with Crippen LogP contribution >= 0.6 is 0 Å². The lowest BCUT2D eigenvalue weighted by Crippen LogP contribution is -2.44. The van der Waals surface area contributed by atoms with Crippen molar-refractivity contribution in [1.82, 2.24) is 20.0 Å². The Bertz CT molecular complexity index is 606. The van der Waals surface area contributed by atoms with Crippen LogP contribution in [0.2, 0.25) is 0 Å². The number of hydrogen-bond acceptors (Lipinski definition) is 3. The molecule has 2 unspecified atom stereocenters. The van der Waals surface area contributed by atoms with Gasteiger partial charge in [-0.25, -0.2) is 0 Å². The van der Waals surface area contributed by atoms with Crippen molar-refractivity contribution in [2.24, 2.45) is 5.92 Å². The molecule has 1 aromatic rings. The van der Waals surface area contributed by atoms with Crippen molar-refractivity contribution in [1.29, 1.82) is 0 Å². The van der Waals surface area contributed by atoms with Gasteiger partial charge in [-0.1, -0.05) is 26.2 Å². The van der Waals surface area contributed by atoms with E-state index in [1.54, 1.807) is 17.1 Å². The van der Waals surface area contributed by atoms with E-state index < -0.39 is 0 Å². The summed E-state index contributed by atoms with van der Waals surface area (Å²) in [6.45, 7) is 5.32. The number of nitrogens with zero attached hydrogens (tertiary/aromatic N) is 3. The smallest absolute Gasteiger partial charge is 0.257 e. The van der Waals surface area contributed by atoms with Gasteiger partial charge in [0, 0.05) is 24.8 Å². The van der Waals surface area contributed by atoms with Gasteiger partial charge >= 0.3 is 0 Å². The number of aromatic nitrogens is 2. The Labute approximate surface area is 149 Å². The van der Waals surface area contributed by atoms with E-state index in [0.717, 1.165) is 32.2 Å². The van der Waals surface area contributed by atoms with Crippen molar-refractivity contribution >= 4 is 11.8 Å². The summed E-state index contributed by atoms with van der Waals surface area (Å²) in [5.74, 6) is 0.678. The Balaban J connectivity index is 1.54. The molecule has 0 spiro atoms. The number of hydrogen-bond donors (Lipinski definition) is 1. The molecule has 2 aliphatic rings. The SMILES string of the molecule is CC1CCN(C(=O)c2cnn(CC(=O)NC3CCCCC3)c2)C(C)C1. The topological polar surface area (TPSA) is 67.2 Å². The highest BCUT2D eigenvalue weighted by Gasteiger charge is 2.28. The monoisotopic (exact) mass is 346 g/mol. The maximum atomic E-state index is 12.7. The largest absolute Gasteiger partial charge is 0.352 e. The van der Waals surface area contributed by atoms with E-state index in [1.807, 2.05) is 4.90 Å². The van der Waals surface area contributed by atoms with Crippen LogP contribution in [0, 0.1) is 5.92 Å². The van der Waals surface area contributed by atoms with E-state index >= 15 is 0 Å². The fraction of sp³-hybridized carbons (Fsp3) is 0.737. The van der Waals surface area contributed by atoms with E-state index in [-0.39, 0.29) is 24.4 Å². The van der Waals surface area contributed by atoms with E-state index in [9.17, 15) is 9.59 Å². The zero-order valence-corrected chi connectivity index (χ0v) is 15.4. The van der Waals surface area contributed by atoms with Gasteiger partial charge in [0.15, 0.2) is 0 Å². The van der Waals surface area contributed by atoms with Crippen LogP contribution in [0.4, 0.5) is 0 Å². The normalized spacial score (nSPS) is 25.0. The van der Waals surface area contributed by atoms with Gasteiger partial charge in [0.1, 0.15) is 6.54 Å². The molecule has 2 fully saturated rings. The van der Waals surface area contributed by atoms with Crippen LogP contribution < -0.4 is 5.32 Å². The third-order valence-corrected chi connectivity index (χ3v) is 5.56. The zero-order chi connectivity index (χ0) is 17.8. The second-order valence-electron chi connectivity index (χ2n) is 7.81. The van der Waals surface area contributed by atoms with E-state index in [1.165, 1.54) is 19.3 Å². The second kappa shape index (κ2) is 8.02. The van der Waals surface area contributed by atoms with Crippen LogP contribution in [0.25, 0.3) is 0 Å². The third kappa shape index (κ3) is 4.61. The minimum atomic E-state index is -0.0193. The molecule has 138 valence electrons. The summed E-state index contributed by atoms with van der Waals surface area (Å²) in [5, 5.41) is 7.30. The maximum absolute atomic E-state index is 12.7. The standard InChI is InChI=1S/C19H30N4O2/c1-14-8-9-23(15(2)10-14)19(25)16-11-20-22(12-16)13-18(24)21-17-6-4-3-5-7-17/h11-12,14-15,17H,3-10,13H2,1-2H3,(H,21,24). The fourth-order valence-corrected chi connectivity index (χ4v) is 4.10. The molecular weight excluding hydrogens is 316 g/mol. The van der Waals surface area contributed by atoms with Gasteiger partial charge in [0.05, 0.1) is 11.8 Å². The number of likely N-dealkylation sites (tertiary alicyclic amines) is 1. The van der Waals surface area contributed by atoms with Gasteiger partial charge in [0.25, 0.3) is 5.91 Å². The van der Waals surface area contributed by atoms with E-state index in [4.69, 9.17) is 0 Å². The molecule has 0 bridgehead atoms. The predicted octanol–water partition coefficient (Wildman–Crippen LogP) is 2.59. The summed E-state index contributed by atoms with van der Waals surface area (Å²) < 4.78 is 1.57. The van der Waals surface area contributed by atoms with Crippen LogP contribution in [0.15, 0.2) is 12.4 Å². The highest BCUT2D eigenvalue weighted by molar-refractivity contribution is 5.94. The highest BCUT2D eigenvalue weighted by atomic mass is 16.2. The molecule has 1 saturated carbocycles. The number of rotatable bonds is 4. The van der Waals surface area contributed by atoms with Crippen molar-refractivity contribution < 1.29 is 9.59 Å². The zero-order valence-electron chi connectivity index (χ0n) is 15.4. The summed E-state index contributed by atoms with van der Waals surface area (Å²) in [6, 6.07) is 0.559. The van der Waals surface area contributed by atoms with Crippen molar-refractivity contribution in [2.45, 2.75) is 77.4 Å². The van der Waals surface area contributed by atoms with Crippen LogP contribution in [-0.2, 0) is 11.3 Å². The molecule has 3 rings (SSSR count). The van der Waals surface area contributed by atoms with Crippen molar-refractivity contribution in [3.8, 4) is 0 Å². The molecule has 1 saturated heterocycles. The molecule has 2 amide bonds. The lowest BCUT2D eigenvalue weighted by atomic mass is 9.93. The summed E-state index contributed by atoms with van der Waals surface area (Å²) in [4.78, 5) is 26.8. The number of carbonyl (C=O) groups is 2. The number of amides is 2. The first-order chi connectivity index (χ1) is 12.0. The molecule has 1 aromatic heterocycles. The molecule has 2 atom stereocenters. The number of carbonyl (C=O) groups excluding carboxylic acids is 2. The average Bonchev–Trinajstić information content (AvgIpc) is 3.03. The minimum Gasteiger partial charge on any atom is -0.352 e. The number of piperidine rings is 1. The molecule has 0 radical (unpaired) electrons. The molecule has 1 aliphatic heterocycles. The van der Waals surface area contributed by atoms with Gasteiger partial charge in [-0.2, -0.15) is 5.10 Å². The number of nitrogens with one attached hydrogen (secondary N) is 1. The summed E-state index contributed by atoms with van der Waals surface area (Å²) in [6.07, 6.45) is 11.2. The lowest BCUT2D eigenvalue weighted by molar-refractivity contribution is -0.122. The first-order valence-corrected chi connectivity index (χ1v) is 9.65. The van der Waals surface area contributed by atoms with E-state index in [2.05, 4.69) is 24.3 Å². The summed E-state index contributed by atoms with van der Waals surface area (Å²) >= 11 is 0. The quantitative estimate of drug-likeness (QED) is 0.911. The fourth-order valence-electron chi connectivity index (χ4n) is 4.10. The molecule has 25 heavy (non-hydrogen) atoms. The highest BCUT2D eigenvalue weighted by Crippen LogP contribution is 2.23. The minimum absolute atomic E-state index is 0.0193. The summed E-state index contributed by atoms with van der Waals surface area (Å²) in [5.41, 5.74) is 0.576. The van der Waals surface area contributed by atoms with Crippen LogP contribution in [0.5, 0.6) is 0 Å². The molecule has 0 aromatic carbocycles. The molecule has 6 heteroatoms. The lowest BCUT2D eigenvalue weighted by Gasteiger charge is -2.36. The van der Waals surface area contributed by atoms with Gasteiger partial charge in [-0.15, -0.1) is 0 Å². The Morgan fingerprint density at radius 2 is 1.96 bits per heavy atom. The third-order valence-electron chi connectivity index (χ3n) is 5.56. The Kier molecular flexibility index (Phi) is 5.76. The van der Waals surface area contributed by atoms with Gasteiger partial charge in [-0.05, 0) is 38.5 Å². The van der Waals surface area contributed by atoms with Crippen LogP contribution in [-0.4, -0.2) is 45.1 Å².